The highest BCUT2D eigenvalue weighted by Crippen LogP contribution is 2.29. The number of benzene rings is 1. The molecular weight excluding hydrogens is 372 g/mol. The summed E-state index contributed by atoms with van der Waals surface area (Å²) in [6, 6.07) is 6.12. The molecule has 0 radical (unpaired) electrons. The Morgan fingerprint density at radius 2 is 2.00 bits per heavy atom. The van der Waals surface area contributed by atoms with Crippen LogP contribution in [0.1, 0.15) is 12.5 Å². The Morgan fingerprint density at radius 1 is 1.21 bits per heavy atom. The van der Waals surface area contributed by atoms with E-state index in [2.05, 4.69) is 65.5 Å². The topological polar surface area (TPSA) is 49.8 Å². The molecule has 0 atom stereocenters. The van der Waals surface area contributed by atoms with Crippen LogP contribution in [0.3, 0.4) is 0 Å². The van der Waals surface area contributed by atoms with Gasteiger partial charge < -0.3 is 10.6 Å². The summed E-state index contributed by atoms with van der Waals surface area (Å²) in [5.41, 5.74) is 2.17. The summed E-state index contributed by atoms with van der Waals surface area (Å²) in [6.07, 6.45) is 1.73. The molecule has 0 spiro atoms. The first kappa shape index (κ1) is 14.3. The predicted molar refractivity (Wildman–Crippen MR) is 86.1 cm³/mol. The van der Waals surface area contributed by atoms with E-state index in [-0.39, 0.29) is 0 Å². The van der Waals surface area contributed by atoms with Crippen LogP contribution < -0.4 is 10.6 Å². The van der Waals surface area contributed by atoms with Gasteiger partial charge in [-0.3, -0.25) is 0 Å². The van der Waals surface area contributed by atoms with Gasteiger partial charge in [-0.05, 0) is 63.4 Å². The molecule has 19 heavy (non-hydrogen) atoms. The Bertz CT molecular complexity index is 587. The van der Waals surface area contributed by atoms with Gasteiger partial charge in [0.2, 0.25) is 5.95 Å². The van der Waals surface area contributed by atoms with Crippen LogP contribution in [0, 0.1) is 6.92 Å². The first-order valence-corrected chi connectivity index (χ1v) is 7.48. The molecule has 1 aromatic heterocycles. The fraction of sp³-hybridized carbons (Fsp3) is 0.231. The lowest BCUT2D eigenvalue weighted by Gasteiger charge is -2.11. The van der Waals surface area contributed by atoms with Crippen molar-refractivity contribution >= 4 is 49.3 Å². The summed E-state index contributed by atoms with van der Waals surface area (Å²) >= 11 is 6.99. The summed E-state index contributed by atoms with van der Waals surface area (Å²) in [4.78, 5) is 8.61. The van der Waals surface area contributed by atoms with Crippen LogP contribution in [0.25, 0.3) is 0 Å². The van der Waals surface area contributed by atoms with Crippen LogP contribution in [0.15, 0.2) is 33.3 Å². The van der Waals surface area contributed by atoms with Gasteiger partial charge in [0.05, 0.1) is 10.2 Å². The van der Waals surface area contributed by atoms with Crippen molar-refractivity contribution in [3.8, 4) is 0 Å². The van der Waals surface area contributed by atoms with Gasteiger partial charge in [-0.2, -0.15) is 4.98 Å². The summed E-state index contributed by atoms with van der Waals surface area (Å²) in [7, 11) is 0. The third kappa shape index (κ3) is 3.67. The number of halogens is 2. The smallest absolute Gasteiger partial charge is 0.224 e. The van der Waals surface area contributed by atoms with Gasteiger partial charge in [0, 0.05) is 17.2 Å². The summed E-state index contributed by atoms with van der Waals surface area (Å²) in [5, 5.41) is 6.37. The van der Waals surface area contributed by atoms with Crippen molar-refractivity contribution in [1.82, 2.24) is 9.97 Å². The molecule has 0 saturated carbocycles. The zero-order chi connectivity index (χ0) is 13.8. The zero-order valence-corrected chi connectivity index (χ0v) is 13.8. The second-order valence-electron chi connectivity index (χ2n) is 4.03. The van der Waals surface area contributed by atoms with Crippen LogP contribution in [0.2, 0.25) is 0 Å². The Kier molecular flexibility index (Phi) is 4.76. The van der Waals surface area contributed by atoms with Crippen molar-refractivity contribution in [3.63, 3.8) is 0 Å². The number of aromatic nitrogens is 2. The number of aryl methyl sites for hydroxylation is 1. The Morgan fingerprint density at radius 3 is 2.68 bits per heavy atom. The van der Waals surface area contributed by atoms with Crippen LogP contribution in [0.5, 0.6) is 0 Å². The molecule has 1 aromatic carbocycles. The molecule has 6 heteroatoms. The average Bonchev–Trinajstić information content (AvgIpc) is 2.37. The standard InChI is InChI=1S/C13H14Br2N4/c1-3-16-13-17-7-10(15)12(19-13)18-11-5-4-8(2)6-9(11)14/h4-7H,3H2,1-2H3,(H2,16,17,18,19). The minimum Gasteiger partial charge on any atom is -0.354 e. The van der Waals surface area contributed by atoms with E-state index in [0.29, 0.717) is 5.95 Å². The lowest BCUT2D eigenvalue weighted by molar-refractivity contribution is 1.08. The van der Waals surface area contributed by atoms with Crippen molar-refractivity contribution < 1.29 is 0 Å². The Balaban J connectivity index is 2.29. The molecule has 0 bridgehead atoms. The van der Waals surface area contributed by atoms with Gasteiger partial charge in [0.15, 0.2) is 0 Å². The van der Waals surface area contributed by atoms with E-state index in [1.165, 1.54) is 5.56 Å². The van der Waals surface area contributed by atoms with Crippen LogP contribution in [0.4, 0.5) is 17.5 Å². The maximum atomic E-state index is 4.42. The second kappa shape index (κ2) is 6.34. The largest absolute Gasteiger partial charge is 0.354 e. The van der Waals surface area contributed by atoms with E-state index in [1.807, 2.05) is 19.1 Å². The SMILES string of the molecule is CCNc1ncc(Br)c(Nc2ccc(C)cc2Br)n1. The molecule has 4 nitrogen and oxygen atoms in total. The molecule has 0 fully saturated rings. The highest BCUT2D eigenvalue weighted by Gasteiger charge is 2.07. The van der Waals surface area contributed by atoms with Crippen LogP contribution >= 0.6 is 31.9 Å². The first-order chi connectivity index (χ1) is 9.10. The van der Waals surface area contributed by atoms with Crippen molar-refractivity contribution in [3.05, 3.63) is 38.9 Å². The Labute approximate surface area is 129 Å². The third-order valence-electron chi connectivity index (χ3n) is 2.46. The maximum Gasteiger partial charge on any atom is 0.224 e. The van der Waals surface area contributed by atoms with Gasteiger partial charge in [0.25, 0.3) is 0 Å². The second-order valence-corrected chi connectivity index (χ2v) is 5.74. The minimum atomic E-state index is 0.608. The lowest BCUT2D eigenvalue weighted by atomic mass is 10.2. The van der Waals surface area contributed by atoms with E-state index < -0.39 is 0 Å². The molecule has 100 valence electrons. The third-order valence-corrected chi connectivity index (χ3v) is 3.69. The minimum absolute atomic E-state index is 0.608. The van der Waals surface area contributed by atoms with Crippen molar-refractivity contribution in [2.45, 2.75) is 13.8 Å². The van der Waals surface area contributed by atoms with E-state index in [0.717, 1.165) is 27.0 Å². The molecule has 0 aliphatic heterocycles. The molecule has 1 heterocycles. The normalized spacial score (nSPS) is 10.3. The quantitative estimate of drug-likeness (QED) is 0.814. The van der Waals surface area contributed by atoms with Crippen molar-refractivity contribution in [2.24, 2.45) is 0 Å². The summed E-state index contributed by atoms with van der Waals surface area (Å²) < 4.78 is 1.82. The molecule has 0 aliphatic rings. The molecule has 0 aliphatic carbocycles. The van der Waals surface area contributed by atoms with Gasteiger partial charge in [0.1, 0.15) is 5.82 Å². The van der Waals surface area contributed by atoms with Gasteiger partial charge >= 0.3 is 0 Å². The summed E-state index contributed by atoms with van der Waals surface area (Å²) in [5.74, 6) is 1.34. The highest BCUT2D eigenvalue weighted by molar-refractivity contribution is 9.11. The molecule has 2 rings (SSSR count). The van der Waals surface area contributed by atoms with Crippen molar-refractivity contribution in [2.75, 3.05) is 17.2 Å². The molecule has 0 unspecified atom stereocenters. The van der Waals surface area contributed by atoms with E-state index >= 15 is 0 Å². The van der Waals surface area contributed by atoms with Crippen LogP contribution in [-0.4, -0.2) is 16.5 Å². The number of anilines is 3. The highest BCUT2D eigenvalue weighted by atomic mass is 79.9. The fourth-order valence-corrected chi connectivity index (χ4v) is 2.43. The van der Waals surface area contributed by atoms with Gasteiger partial charge in [-0.25, -0.2) is 4.98 Å². The van der Waals surface area contributed by atoms with E-state index in [9.17, 15) is 0 Å². The van der Waals surface area contributed by atoms with E-state index in [4.69, 9.17) is 0 Å². The predicted octanol–water partition coefficient (Wildman–Crippen LogP) is 4.49. The van der Waals surface area contributed by atoms with Crippen molar-refractivity contribution in [1.29, 1.82) is 0 Å². The molecular formula is C13H14Br2N4. The fourth-order valence-electron chi connectivity index (χ4n) is 1.55. The molecule has 2 aromatic rings. The molecule has 2 N–H and O–H groups in total. The van der Waals surface area contributed by atoms with E-state index in [1.54, 1.807) is 6.20 Å². The number of hydrogen-bond acceptors (Lipinski definition) is 4. The molecule has 0 amide bonds. The number of nitrogens with zero attached hydrogens (tertiary/aromatic N) is 2. The average molecular weight is 386 g/mol. The first-order valence-electron chi connectivity index (χ1n) is 5.89. The Hall–Kier alpha value is -1.14. The van der Waals surface area contributed by atoms with Gasteiger partial charge in [-0.1, -0.05) is 6.07 Å². The lowest BCUT2D eigenvalue weighted by Crippen LogP contribution is -2.04. The monoisotopic (exact) mass is 384 g/mol. The number of hydrogen-bond donors (Lipinski definition) is 2. The molecule has 0 saturated heterocycles. The summed E-state index contributed by atoms with van der Waals surface area (Å²) in [6.45, 7) is 4.85. The maximum absolute atomic E-state index is 4.42. The number of rotatable bonds is 4. The van der Waals surface area contributed by atoms with Gasteiger partial charge in [-0.15, -0.1) is 0 Å². The zero-order valence-electron chi connectivity index (χ0n) is 10.7. The number of nitrogens with one attached hydrogen (secondary N) is 2. The van der Waals surface area contributed by atoms with Crippen LogP contribution in [-0.2, 0) is 0 Å².